The smallest absolute Gasteiger partial charge is 0.335 e. The van der Waals surface area contributed by atoms with E-state index in [1.807, 2.05) is 31.2 Å². The molecule has 0 radical (unpaired) electrons. The van der Waals surface area contributed by atoms with Gasteiger partial charge in [0.2, 0.25) is 0 Å². The number of rotatable bonds is 5. The molecule has 0 spiro atoms. The number of hydrogen-bond acceptors (Lipinski definition) is 4. The van der Waals surface area contributed by atoms with Crippen LogP contribution in [-0.2, 0) is 16.2 Å². The molecule has 1 saturated heterocycles. The number of ether oxygens (including phenoxy) is 1. The molecule has 1 aliphatic heterocycles. The summed E-state index contributed by atoms with van der Waals surface area (Å²) in [5, 5.41) is 3.02. The van der Waals surface area contributed by atoms with E-state index in [1.165, 1.54) is 42.5 Å². The molecule has 4 amide bonds. The lowest BCUT2D eigenvalue weighted by molar-refractivity contribution is -0.122. The van der Waals surface area contributed by atoms with Gasteiger partial charge in [-0.3, -0.25) is 14.9 Å². The number of carbonyl (C=O) groups is 3. The molecule has 1 fully saturated rings. The number of carbonyl (C=O) groups excluding carboxylic acids is 3. The molecule has 9 heteroatoms. The Balaban J connectivity index is 1.60. The van der Waals surface area contributed by atoms with Gasteiger partial charge in [-0.2, -0.15) is 0 Å². The zero-order valence-corrected chi connectivity index (χ0v) is 20.0. The van der Waals surface area contributed by atoms with E-state index in [0.29, 0.717) is 10.6 Å². The van der Waals surface area contributed by atoms with Gasteiger partial charge < -0.3 is 4.74 Å². The summed E-state index contributed by atoms with van der Waals surface area (Å²) in [6.45, 7) is 2.25. The maximum Gasteiger partial charge on any atom is 0.335 e. The van der Waals surface area contributed by atoms with Gasteiger partial charge in [0.25, 0.3) is 11.8 Å². The highest BCUT2D eigenvalue weighted by Gasteiger charge is 2.36. The Hall–Kier alpha value is -3.32. The summed E-state index contributed by atoms with van der Waals surface area (Å²) < 4.78 is 5.80. The molecule has 0 saturated carbocycles. The number of barbiturate groups is 1. The van der Waals surface area contributed by atoms with Crippen molar-refractivity contribution in [1.29, 1.82) is 0 Å². The monoisotopic (exact) mass is 514 g/mol. The Bertz CT molecular complexity index is 1310. The van der Waals surface area contributed by atoms with Gasteiger partial charge in [0.05, 0.1) is 15.7 Å². The van der Waals surface area contributed by atoms with Crippen molar-refractivity contribution in [2.45, 2.75) is 13.5 Å². The second-order valence-corrected chi connectivity index (χ2v) is 8.78. The minimum Gasteiger partial charge on any atom is -0.486 e. The third kappa shape index (κ3) is 5.09. The van der Waals surface area contributed by atoms with Crippen molar-refractivity contribution in [3.05, 3.63) is 98.0 Å². The first kappa shape index (κ1) is 23.8. The third-order valence-electron chi connectivity index (χ3n) is 4.98. The highest BCUT2D eigenvalue weighted by molar-refractivity contribution is 6.40. The van der Waals surface area contributed by atoms with E-state index in [2.05, 4.69) is 5.32 Å². The number of nitrogens with one attached hydrogen (secondary N) is 1. The first-order chi connectivity index (χ1) is 16.2. The lowest BCUT2D eigenvalue weighted by Gasteiger charge is -2.26. The lowest BCUT2D eigenvalue weighted by Crippen LogP contribution is -2.54. The molecule has 3 aromatic rings. The van der Waals surface area contributed by atoms with E-state index < -0.39 is 17.8 Å². The summed E-state index contributed by atoms with van der Waals surface area (Å²) in [5.41, 5.74) is 2.45. The van der Waals surface area contributed by atoms with Gasteiger partial charge in [-0.1, -0.05) is 64.6 Å². The van der Waals surface area contributed by atoms with Crippen molar-refractivity contribution < 1.29 is 19.1 Å². The van der Waals surface area contributed by atoms with Gasteiger partial charge >= 0.3 is 6.03 Å². The molecule has 1 heterocycles. The van der Waals surface area contributed by atoms with E-state index in [9.17, 15) is 14.4 Å². The second-order valence-electron chi connectivity index (χ2n) is 7.53. The van der Waals surface area contributed by atoms with Crippen LogP contribution in [0.1, 0.15) is 16.7 Å². The van der Waals surface area contributed by atoms with Crippen LogP contribution in [0.15, 0.2) is 66.2 Å². The number of aryl methyl sites for hydroxylation is 1. The van der Waals surface area contributed by atoms with Crippen molar-refractivity contribution in [2.75, 3.05) is 4.90 Å². The van der Waals surface area contributed by atoms with Crippen LogP contribution in [0.3, 0.4) is 0 Å². The van der Waals surface area contributed by atoms with Crippen LogP contribution in [0.25, 0.3) is 6.08 Å². The Morgan fingerprint density at radius 1 is 0.941 bits per heavy atom. The number of benzene rings is 3. The Labute approximate surface area is 210 Å². The van der Waals surface area contributed by atoms with Gasteiger partial charge in [0, 0.05) is 5.02 Å². The number of nitrogens with zero attached hydrogens (tertiary/aromatic N) is 1. The maximum absolute atomic E-state index is 13.0. The molecule has 0 atom stereocenters. The van der Waals surface area contributed by atoms with Crippen LogP contribution in [0, 0.1) is 6.92 Å². The van der Waals surface area contributed by atoms with Crippen LogP contribution >= 0.6 is 34.8 Å². The minimum absolute atomic E-state index is 0.210. The average Bonchev–Trinajstić information content (AvgIpc) is 2.77. The van der Waals surface area contributed by atoms with Crippen molar-refractivity contribution in [3.8, 4) is 5.75 Å². The fourth-order valence-electron chi connectivity index (χ4n) is 3.41. The van der Waals surface area contributed by atoms with Gasteiger partial charge in [0.1, 0.15) is 12.2 Å². The molecular formula is C25H17Cl3N2O4. The van der Waals surface area contributed by atoms with Gasteiger partial charge in [-0.05, 0) is 60.5 Å². The fourth-order valence-corrected chi connectivity index (χ4v) is 4.15. The van der Waals surface area contributed by atoms with Crippen molar-refractivity contribution in [3.63, 3.8) is 0 Å². The number of imide groups is 2. The van der Waals surface area contributed by atoms with Crippen LogP contribution in [0.4, 0.5) is 10.5 Å². The predicted octanol–water partition coefficient (Wildman–Crippen LogP) is 6.20. The number of halogens is 3. The highest BCUT2D eigenvalue weighted by atomic mass is 35.5. The first-order valence-electron chi connectivity index (χ1n) is 10.1. The second kappa shape index (κ2) is 9.89. The minimum atomic E-state index is -0.856. The van der Waals surface area contributed by atoms with Crippen molar-refractivity contribution in [2.24, 2.45) is 0 Å². The van der Waals surface area contributed by atoms with Crippen LogP contribution in [-0.4, -0.2) is 17.8 Å². The third-order valence-corrected chi connectivity index (χ3v) is 5.80. The summed E-state index contributed by atoms with van der Waals surface area (Å²) >= 11 is 18.7. The van der Waals surface area contributed by atoms with E-state index in [0.717, 1.165) is 16.0 Å². The van der Waals surface area contributed by atoms with Crippen LogP contribution in [0.5, 0.6) is 5.75 Å². The average molecular weight is 516 g/mol. The zero-order valence-electron chi connectivity index (χ0n) is 17.8. The quantitative estimate of drug-likeness (QED) is 0.324. The Kier molecular flexibility index (Phi) is 6.93. The Morgan fingerprint density at radius 2 is 1.62 bits per heavy atom. The fraction of sp³-hybridized carbons (Fsp3) is 0.0800. The largest absolute Gasteiger partial charge is 0.486 e. The summed E-state index contributed by atoms with van der Waals surface area (Å²) in [6.07, 6.45) is 1.31. The van der Waals surface area contributed by atoms with Gasteiger partial charge in [-0.15, -0.1) is 0 Å². The number of anilines is 1. The van der Waals surface area contributed by atoms with E-state index >= 15 is 0 Å². The molecule has 34 heavy (non-hydrogen) atoms. The first-order valence-corrected chi connectivity index (χ1v) is 11.2. The summed E-state index contributed by atoms with van der Waals surface area (Å²) in [7, 11) is 0. The van der Waals surface area contributed by atoms with Crippen LogP contribution < -0.4 is 15.0 Å². The van der Waals surface area contributed by atoms with Crippen molar-refractivity contribution >= 4 is 64.4 Å². The van der Waals surface area contributed by atoms with E-state index in [4.69, 9.17) is 39.5 Å². The number of hydrogen-bond donors (Lipinski definition) is 1. The van der Waals surface area contributed by atoms with E-state index in [-0.39, 0.29) is 33.7 Å². The molecule has 3 aromatic carbocycles. The molecule has 0 aromatic heterocycles. The topological polar surface area (TPSA) is 75.7 Å². The van der Waals surface area contributed by atoms with Crippen LogP contribution in [0.2, 0.25) is 15.1 Å². The SMILES string of the molecule is Cc1cccc(COc2c(Cl)cc(/C=C3\C(=O)NC(=O)N(c4ccc(Cl)cc4)C3=O)cc2Cl)c1. The zero-order chi connectivity index (χ0) is 24.4. The van der Waals surface area contributed by atoms with E-state index in [1.54, 1.807) is 0 Å². The van der Waals surface area contributed by atoms with Gasteiger partial charge in [0.15, 0.2) is 5.75 Å². The maximum atomic E-state index is 13.0. The molecule has 0 aliphatic carbocycles. The number of urea groups is 1. The molecule has 6 nitrogen and oxygen atoms in total. The molecule has 4 rings (SSSR count). The van der Waals surface area contributed by atoms with Crippen molar-refractivity contribution in [1.82, 2.24) is 5.32 Å². The highest BCUT2D eigenvalue weighted by Crippen LogP contribution is 2.36. The summed E-state index contributed by atoms with van der Waals surface area (Å²) in [5.74, 6) is -1.33. The normalized spacial score (nSPS) is 15.0. The molecule has 172 valence electrons. The molecule has 1 N–H and O–H groups in total. The molecule has 1 aliphatic rings. The predicted molar refractivity (Wildman–Crippen MR) is 132 cm³/mol. The molecular weight excluding hydrogens is 499 g/mol. The molecule has 0 unspecified atom stereocenters. The van der Waals surface area contributed by atoms with Gasteiger partial charge in [-0.25, -0.2) is 9.69 Å². The summed E-state index contributed by atoms with van der Waals surface area (Å²) in [4.78, 5) is 38.6. The lowest BCUT2D eigenvalue weighted by atomic mass is 10.1. The summed E-state index contributed by atoms with van der Waals surface area (Å²) in [6, 6.07) is 16.1. The molecule has 0 bridgehead atoms. The Morgan fingerprint density at radius 3 is 2.26 bits per heavy atom. The standard InChI is InChI=1S/C25H17Cl3N2O4/c1-14-3-2-4-15(9-14)13-34-22-20(27)11-16(12-21(22)28)10-19-23(31)29-25(33)30(24(19)32)18-7-5-17(26)6-8-18/h2-12H,13H2,1H3,(H,29,31,33)/b19-10+. The number of amides is 4.